The smallest absolute Gasteiger partial charge is 0.339 e. The molecule has 2 heterocycles. The van der Waals surface area contributed by atoms with Gasteiger partial charge in [-0.05, 0) is 30.3 Å². The number of rotatable bonds is 5. The molecule has 7 nitrogen and oxygen atoms in total. The van der Waals surface area contributed by atoms with Crippen LogP contribution in [0.25, 0.3) is 5.69 Å². The first-order valence-corrected chi connectivity index (χ1v) is 9.19. The zero-order valence-corrected chi connectivity index (χ0v) is 16.3. The largest absolute Gasteiger partial charge is 0.497 e. The van der Waals surface area contributed by atoms with Gasteiger partial charge in [0.25, 0.3) is 0 Å². The van der Waals surface area contributed by atoms with Gasteiger partial charge in [-0.1, -0.05) is 12.1 Å². The van der Waals surface area contributed by atoms with Crippen LogP contribution < -0.4 is 14.8 Å². The van der Waals surface area contributed by atoms with Crippen LogP contribution in [0.2, 0.25) is 0 Å². The van der Waals surface area contributed by atoms with Crippen molar-refractivity contribution >= 4 is 17.6 Å². The fourth-order valence-electron chi connectivity index (χ4n) is 3.85. The van der Waals surface area contributed by atoms with Crippen molar-refractivity contribution in [2.24, 2.45) is 0 Å². The van der Waals surface area contributed by atoms with E-state index >= 15 is 0 Å². The Bertz CT molecular complexity index is 1150. The number of carbonyl (C=O) groups excluding carboxylic acids is 1. The first-order valence-electron chi connectivity index (χ1n) is 9.19. The standard InChI is InChI=1S/C22H19FN2O5/c1-29-12-7-8-18(30-2)13(9-12)14-10-19(26)24-20-15(22(27)28)11-25(21(14)20)17-6-4-3-5-16(17)23/h3-9,11,14H,10H2,1-2H3,(H,24,26)(H,27,28). The summed E-state index contributed by atoms with van der Waals surface area (Å²) in [6.07, 6.45) is 1.37. The topological polar surface area (TPSA) is 89.8 Å². The van der Waals surface area contributed by atoms with E-state index in [4.69, 9.17) is 9.47 Å². The van der Waals surface area contributed by atoms with Crippen molar-refractivity contribution in [2.45, 2.75) is 12.3 Å². The third-order valence-corrected chi connectivity index (χ3v) is 5.18. The van der Waals surface area contributed by atoms with Crippen molar-refractivity contribution in [3.05, 3.63) is 71.3 Å². The Morgan fingerprint density at radius 3 is 2.63 bits per heavy atom. The summed E-state index contributed by atoms with van der Waals surface area (Å²) in [6, 6.07) is 11.2. The van der Waals surface area contributed by atoms with Gasteiger partial charge in [0.1, 0.15) is 22.9 Å². The number of nitrogens with zero attached hydrogens (tertiary/aromatic N) is 1. The van der Waals surface area contributed by atoms with E-state index in [9.17, 15) is 19.1 Å². The number of carboxylic acid groups (broad SMARTS) is 1. The van der Waals surface area contributed by atoms with Crippen LogP contribution in [0.5, 0.6) is 11.5 Å². The molecule has 1 unspecified atom stereocenters. The predicted octanol–water partition coefficient (Wildman–Crippen LogP) is 3.81. The Labute approximate surface area is 171 Å². The Balaban J connectivity index is 2.02. The molecular formula is C22H19FN2O5. The Morgan fingerprint density at radius 1 is 1.20 bits per heavy atom. The third kappa shape index (κ3) is 3.16. The van der Waals surface area contributed by atoms with E-state index in [1.807, 2.05) is 0 Å². The second kappa shape index (κ2) is 7.55. The van der Waals surface area contributed by atoms with Gasteiger partial charge in [-0.3, -0.25) is 4.79 Å². The number of benzene rings is 2. The minimum absolute atomic E-state index is 0.0358. The summed E-state index contributed by atoms with van der Waals surface area (Å²) in [5, 5.41) is 12.3. The summed E-state index contributed by atoms with van der Waals surface area (Å²) in [5.41, 5.74) is 1.32. The van der Waals surface area contributed by atoms with Gasteiger partial charge < -0.3 is 24.5 Å². The SMILES string of the molecule is COc1ccc(OC)c(C2CC(=O)Nc3c(C(=O)O)cn(-c4ccccc4F)c32)c1. The van der Waals surface area contributed by atoms with Crippen molar-refractivity contribution in [2.75, 3.05) is 19.5 Å². The molecule has 0 bridgehead atoms. The molecule has 2 aromatic carbocycles. The molecule has 154 valence electrons. The summed E-state index contributed by atoms with van der Waals surface area (Å²) in [4.78, 5) is 24.4. The van der Waals surface area contributed by atoms with Gasteiger partial charge in [0.2, 0.25) is 5.91 Å². The van der Waals surface area contributed by atoms with Crippen molar-refractivity contribution in [3.63, 3.8) is 0 Å². The van der Waals surface area contributed by atoms with Gasteiger partial charge in [0.05, 0.1) is 31.3 Å². The van der Waals surface area contributed by atoms with E-state index in [-0.39, 0.29) is 29.3 Å². The Kier molecular flexibility index (Phi) is 4.91. The number of carboxylic acids is 1. The predicted molar refractivity (Wildman–Crippen MR) is 107 cm³/mol. The van der Waals surface area contributed by atoms with E-state index in [2.05, 4.69) is 5.32 Å². The van der Waals surface area contributed by atoms with Gasteiger partial charge in [-0.2, -0.15) is 0 Å². The number of ether oxygens (including phenoxy) is 2. The lowest BCUT2D eigenvalue weighted by atomic mass is 9.87. The quantitative estimate of drug-likeness (QED) is 0.668. The monoisotopic (exact) mass is 410 g/mol. The maximum absolute atomic E-state index is 14.6. The third-order valence-electron chi connectivity index (χ3n) is 5.18. The fraction of sp³-hybridized carbons (Fsp3) is 0.182. The van der Waals surface area contributed by atoms with Crippen LogP contribution in [0.15, 0.2) is 48.7 Å². The summed E-state index contributed by atoms with van der Waals surface area (Å²) in [5.74, 6) is -1.58. The number of fused-ring (bicyclic) bond motifs is 1. The minimum Gasteiger partial charge on any atom is -0.497 e. The summed E-state index contributed by atoms with van der Waals surface area (Å²) in [6.45, 7) is 0. The molecule has 0 saturated carbocycles. The molecule has 0 fully saturated rings. The van der Waals surface area contributed by atoms with Gasteiger partial charge in [-0.25, -0.2) is 9.18 Å². The molecule has 1 aliphatic heterocycles. The maximum atomic E-state index is 14.6. The number of amides is 1. The van der Waals surface area contributed by atoms with Crippen molar-refractivity contribution in [1.29, 1.82) is 0 Å². The number of methoxy groups -OCH3 is 2. The van der Waals surface area contributed by atoms with Crippen LogP contribution in [0.1, 0.15) is 34.0 Å². The van der Waals surface area contributed by atoms with Crippen LogP contribution in [0.3, 0.4) is 0 Å². The number of halogens is 1. The average molecular weight is 410 g/mol. The number of aromatic nitrogens is 1. The van der Waals surface area contributed by atoms with Crippen LogP contribution in [-0.4, -0.2) is 35.8 Å². The van der Waals surface area contributed by atoms with Crippen LogP contribution in [-0.2, 0) is 4.79 Å². The zero-order chi connectivity index (χ0) is 21.4. The minimum atomic E-state index is -1.22. The van der Waals surface area contributed by atoms with Gasteiger partial charge >= 0.3 is 5.97 Å². The number of hydrogen-bond donors (Lipinski definition) is 2. The molecule has 3 aromatic rings. The number of hydrogen-bond acceptors (Lipinski definition) is 4. The van der Waals surface area contributed by atoms with E-state index < -0.39 is 17.7 Å². The fourth-order valence-corrected chi connectivity index (χ4v) is 3.85. The highest BCUT2D eigenvalue weighted by molar-refractivity contribution is 6.04. The van der Waals surface area contributed by atoms with Crippen LogP contribution >= 0.6 is 0 Å². The first-order chi connectivity index (χ1) is 14.4. The molecule has 1 aliphatic rings. The van der Waals surface area contributed by atoms with Crippen LogP contribution in [0.4, 0.5) is 10.1 Å². The Morgan fingerprint density at radius 2 is 1.97 bits per heavy atom. The number of nitrogens with one attached hydrogen (secondary N) is 1. The normalized spacial score (nSPS) is 15.3. The highest BCUT2D eigenvalue weighted by atomic mass is 19.1. The van der Waals surface area contributed by atoms with E-state index in [1.165, 1.54) is 31.0 Å². The van der Waals surface area contributed by atoms with Gasteiger partial charge in [0.15, 0.2) is 0 Å². The molecule has 2 N–H and O–H groups in total. The molecular weight excluding hydrogens is 391 g/mol. The second-order valence-electron chi connectivity index (χ2n) is 6.84. The number of aromatic carboxylic acids is 1. The number of anilines is 1. The first kappa shape index (κ1) is 19.5. The molecule has 8 heteroatoms. The molecule has 0 spiro atoms. The highest BCUT2D eigenvalue weighted by Gasteiger charge is 2.36. The lowest BCUT2D eigenvalue weighted by Gasteiger charge is -2.27. The second-order valence-corrected chi connectivity index (χ2v) is 6.84. The van der Waals surface area contributed by atoms with Gasteiger partial charge in [-0.15, -0.1) is 0 Å². The average Bonchev–Trinajstić information content (AvgIpc) is 3.12. The summed E-state index contributed by atoms with van der Waals surface area (Å²) < 4.78 is 26.9. The lowest BCUT2D eigenvalue weighted by Crippen LogP contribution is -2.26. The summed E-state index contributed by atoms with van der Waals surface area (Å²) in [7, 11) is 3.03. The van der Waals surface area contributed by atoms with E-state index in [1.54, 1.807) is 36.4 Å². The van der Waals surface area contributed by atoms with Crippen molar-refractivity contribution < 1.29 is 28.6 Å². The van der Waals surface area contributed by atoms with Gasteiger partial charge in [0, 0.05) is 24.1 Å². The molecule has 0 aliphatic carbocycles. The zero-order valence-electron chi connectivity index (χ0n) is 16.3. The number of carbonyl (C=O) groups is 2. The molecule has 30 heavy (non-hydrogen) atoms. The van der Waals surface area contributed by atoms with Crippen molar-refractivity contribution in [3.8, 4) is 17.2 Å². The molecule has 1 atom stereocenters. The van der Waals surface area contributed by atoms with Crippen LogP contribution in [0, 0.1) is 5.82 Å². The summed E-state index contributed by atoms with van der Waals surface area (Å²) >= 11 is 0. The molecule has 1 amide bonds. The molecule has 0 radical (unpaired) electrons. The Hall–Kier alpha value is -3.81. The lowest BCUT2D eigenvalue weighted by molar-refractivity contribution is -0.116. The number of para-hydroxylation sites is 1. The maximum Gasteiger partial charge on any atom is 0.339 e. The van der Waals surface area contributed by atoms with Crippen molar-refractivity contribution in [1.82, 2.24) is 4.57 Å². The molecule has 4 rings (SSSR count). The highest BCUT2D eigenvalue weighted by Crippen LogP contribution is 2.45. The van der Waals surface area contributed by atoms with E-state index in [0.717, 1.165) is 0 Å². The van der Waals surface area contributed by atoms with E-state index in [0.29, 0.717) is 22.8 Å². The molecule has 0 saturated heterocycles. The molecule has 1 aromatic heterocycles.